The number of amides is 1. The summed E-state index contributed by atoms with van der Waals surface area (Å²) in [7, 11) is 1.45. The van der Waals surface area contributed by atoms with Gasteiger partial charge in [0.15, 0.2) is 0 Å². The molecule has 26 heavy (non-hydrogen) atoms. The van der Waals surface area contributed by atoms with E-state index < -0.39 is 22.9 Å². The van der Waals surface area contributed by atoms with Crippen molar-refractivity contribution in [1.29, 1.82) is 0 Å². The zero-order valence-electron chi connectivity index (χ0n) is 14.3. The molecule has 2 rings (SSSR count). The molecule has 0 unspecified atom stereocenters. The molecule has 0 heterocycles. The van der Waals surface area contributed by atoms with Crippen molar-refractivity contribution in [2.45, 2.75) is 13.0 Å². The second-order valence-electron chi connectivity index (χ2n) is 5.37. The molecule has 0 bridgehead atoms. The Bertz CT molecular complexity index is 821. The van der Waals surface area contributed by atoms with Gasteiger partial charge in [0.2, 0.25) is 0 Å². The van der Waals surface area contributed by atoms with Crippen LogP contribution in [0.3, 0.4) is 0 Å². The maximum absolute atomic E-state index is 12.1. The van der Waals surface area contributed by atoms with E-state index in [2.05, 4.69) is 5.32 Å². The van der Waals surface area contributed by atoms with Gasteiger partial charge >= 0.3 is 5.97 Å². The molecule has 1 amide bonds. The minimum Gasteiger partial charge on any atom is -0.496 e. The fourth-order valence-electron chi connectivity index (χ4n) is 2.28. The number of para-hydroxylation sites is 1. The van der Waals surface area contributed by atoms with Crippen LogP contribution in [-0.4, -0.2) is 30.5 Å². The third kappa shape index (κ3) is 4.79. The molecule has 1 atom stereocenters. The molecule has 2 aromatic carbocycles. The topological polar surface area (TPSA) is 108 Å². The average molecular weight is 358 g/mol. The Morgan fingerprint density at radius 3 is 2.62 bits per heavy atom. The first kappa shape index (κ1) is 18.9. The first-order valence-corrected chi connectivity index (χ1v) is 7.77. The van der Waals surface area contributed by atoms with Crippen LogP contribution in [0.25, 0.3) is 0 Å². The Morgan fingerprint density at radius 2 is 1.92 bits per heavy atom. The van der Waals surface area contributed by atoms with Crippen LogP contribution in [0.2, 0.25) is 0 Å². The number of nitro groups is 1. The Kier molecular flexibility index (Phi) is 6.26. The predicted octanol–water partition coefficient (Wildman–Crippen LogP) is 2.64. The van der Waals surface area contributed by atoms with E-state index in [1.54, 1.807) is 37.3 Å². The van der Waals surface area contributed by atoms with Crippen molar-refractivity contribution in [3.63, 3.8) is 0 Å². The average Bonchev–Trinajstić information content (AvgIpc) is 2.66. The van der Waals surface area contributed by atoms with Gasteiger partial charge < -0.3 is 14.8 Å². The summed E-state index contributed by atoms with van der Waals surface area (Å²) in [4.78, 5) is 34.3. The third-order valence-corrected chi connectivity index (χ3v) is 3.60. The van der Waals surface area contributed by atoms with E-state index in [1.807, 2.05) is 0 Å². The molecule has 0 spiro atoms. The van der Waals surface area contributed by atoms with Crippen molar-refractivity contribution in [2.24, 2.45) is 0 Å². The molecular weight excluding hydrogens is 340 g/mol. The molecule has 2 aromatic rings. The SMILES string of the molecule is COc1ccccc1C(=O)NCC(=O)O[C@@H](C)c1cccc([N+](=O)[O-])c1. The number of hydrogen-bond acceptors (Lipinski definition) is 6. The fourth-order valence-corrected chi connectivity index (χ4v) is 2.28. The Labute approximate surface area is 149 Å². The van der Waals surface area contributed by atoms with E-state index in [9.17, 15) is 19.7 Å². The highest BCUT2D eigenvalue weighted by molar-refractivity contribution is 5.98. The van der Waals surface area contributed by atoms with Gasteiger partial charge in [0, 0.05) is 12.1 Å². The second kappa shape index (κ2) is 8.61. The number of ether oxygens (including phenoxy) is 2. The lowest BCUT2D eigenvalue weighted by Gasteiger charge is -2.14. The van der Waals surface area contributed by atoms with Gasteiger partial charge in [-0.25, -0.2) is 0 Å². The van der Waals surface area contributed by atoms with Crippen molar-refractivity contribution in [2.75, 3.05) is 13.7 Å². The minimum absolute atomic E-state index is 0.0881. The van der Waals surface area contributed by atoms with Crippen molar-refractivity contribution in [1.82, 2.24) is 5.32 Å². The highest BCUT2D eigenvalue weighted by Crippen LogP contribution is 2.21. The molecule has 0 radical (unpaired) electrons. The van der Waals surface area contributed by atoms with Gasteiger partial charge in [0.1, 0.15) is 18.4 Å². The number of non-ortho nitro benzene ring substituents is 1. The van der Waals surface area contributed by atoms with E-state index in [1.165, 1.54) is 25.3 Å². The molecule has 0 fully saturated rings. The van der Waals surface area contributed by atoms with Gasteiger partial charge in [-0.3, -0.25) is 19.7 Å². The number of nitrogens with zero attached hydrogens (tertiary/aromatic N) is 1. The molecule has 8 nitrogen and oxygen atoms in total. The fraction of sp³-hybridized carbons (Fsp3) is 0.222. The van der Waals surface area contributed by atoms with Gasteiger partial charge in [0.25, 0.3) is 11.6 Å². The number of methoxy groups -OCH3 is 1. The number of benzene rings is 2. The molecule has 0 aliphatic rings. The zero-order chi connectivity index (χ0) is 19.1. The van der Waals surface area contributed by atoms with E-state index in [-0.39, 0.29) is 12.2 Å². The zero-order valence-corrected chi connectivity index (χ0v) is 14.3. The predicted molar refractivity (Wildman–Crippen MR) is 92.9 cm³/mol. The molecule has 0 saturated heterocycles. The summed E-state index contributed by atoms with van der Waals surface area (Å²) in [5, 5.41) is 13.3. The molecule has 0 aliphatic heterocycles. The van der Waals surface area contributed by atoms with E-state index in [0.717, 1.165) is 0 Å². The Morgan fingerprint density at radius 1 is 1.19 bits per heavy atom. The number of hydrogen-bond donors (Lipinski definition) is 1. The largest absolute Gasteiger partial charge is 0.496 e. The lowest BCUT2D eigenvalue weighted by molar-refractivity contribution is -0.385. The van der Waals surface area contributed by atoms with Gasteiger partial charge in [-0.2, -0.15) is 0 Å². The van der Waals surface area contributed by atoms with E-state index >= 15 is 0 Å². The maximum atomic E-state index is 12.1. The van der Waals surface area contributed by atoms with Crippen molar-refractivity contribution in [3.05, 3.63) is 69.8 Å². The summed E-state index contributed by atoms with van der Waals surface area (Å²) in [6, 6.07) is 12.4. The molecule has 1 N–H and O–H groups in total. The number of rotatable bonds is 7. The Hall–Kier alpha value is -3.42. The lowest BCUT2D eigenvalue weighted by atomic mass is 10.1. The van der Waals surface area contributed by atoms with Crippen LogP contribution in [0.5, 0.6) is 5.75 Å². The van der Waals surface area contributed by atoms with Crippen LogP contribution >= 0.6 is 0 Å². The maximum Gasteiger partial charge on any atom is 0.326 e. The highest BCUT2D eigenvalue weighted by Gasteiger charge is 2.17. The summed E-state index contributed by atoms with van der Waals surface area (Å²) < 4.78 is 10.3. The number of carbonyl (C=O) groups excluding carboxylic acids is 2. The van der Waals surface area contributed by atoms with E-state index in [4.69, 9.17) is 9.47 Å². The molecule has 0 aliphatic carbocycles. The van der Waals surface area contributed by atoms with Crippen molar-refractivity contribution < 1.29 is 24.0 Å². The minimum atomic E-state index is -0.689. The highest BCUT2D eigenvalue weighted by atomic mass is 16.6. The normalized spacial score (nSPS) is 11.3. The van der Waals surface area contributed by atoms with Crippen LogP contribution in [-0.2, 0) is 9.53 Å². The molecule has 0 saturated carbocycles. The quantitative estimate of drug-likeness (QED) is 0.463. The van der Waals surface area contributed by atoms with Gasteiger partial charge in [0.05, 0.1) is 17.6 Å². The first-order valence-electron chi connectivity index (χ1n) is 7.77. The Balaban J connectivity index is 1.93. The van der Waals surface area contributed by atoms with Crippen molar-refractivity contribution >= 4 is 17.6 Å². The first-order chi connectivity index (χ1) is 12.4. The summed E-state index contributed by atoms with van der Waals surface area (Å²) in [6.45, 7) is 1.26. The summed E-state index contributed by atoms with van der Waals surface area (Å²) in [6.07, 6.45) is -0.689. The summed E-state index contributed by atoms with van der Waals surface area (Å²) in [5.41, 5.74) is 0.702. The summed E-state index contributed by atoms with van der Waals surface area (Å²) in [5.74, 6) is -0.738. The summed E-state index contributed by atoms with van der Waals surface area (Å²) >= 11 is 0. The number of nitrogens with one attached hydrogen (secondary N) is 1. The molecular formula is C18H18N2O6. The van der Waals surface area contributed by atoms with Crippen LogP contribution < -0.4 is 10.1 Å². The number of esters is 1. The van der Waals surface area contributed by atoms with Gasteiger partial charge in [-0.1, -0.05) is 24.3 Å². The standard InChI is InChI=1S/C18H18N2O6/c1-12(13-6-5-7-14(10-13)20(23)24)26-17(21)11-19-18(22)15-8-3-4-9-16(15)25-2/h3-10,12H,11H2,1-2H3,(H,19,22)/t12-/m0/s1. The van der Waals surface area contributed by atoms with Crippen molar-refractivity contribution in [3.8, 4) is 5.75 Å². The molecule has 136 valence electrons. The third-order valence-electron chi connectivity index (χ3n) is 3.60. The monoisotopic (exact) mass is 358 g/mol. The smallest absolute Gasteiger partial charge is 0.326 e. The van der Waals surface area contributed by atoms with Gasteiger partial charge in [-0.15, -0.1) is 0 Å². The van der Waals surface area contributed by atoms with Crippen LogP contribution in [0.1, 0.15) is 28.9 Å². The second-order valence-corrected chi connectivity index (χ2v) is 5.37. The number of nitro benzene ring substituents is 1. The van der Waals surface area contributed by atoms with Crippen LogP contribution in [0, 0.1) is 10.1 Å². The molecule has 0 aromatic heterocycles. The lowest BCUT2D eigenvalue weighted by Crippen LogP contribution is -2.31. The van der Waals surface area contributed by atoms with E-state index in [0.29, 0.717) is 16.9 Å². The van der Waals surface area contributed by atoms with Crippen LogP contribution in [0.4, 0.5) is 5.69 Å². The van der Waals surface area contributed by atoms with Gasteiger partial charge in [-0.05, 0) is 24.6 Å². The van der Waals surface area contributed by atoms with Crippen LogP contribution in [0.15, 0.2) is 48.5 Å². The number of carbonyl (C=O) groups is 2. The molecule has 8 heteroatoms.